The minimum atomic E-state index is -0.415. The van der Waals surface area contributed by atoms with E-state index in [0.29, 0.717) is 40.2 Å². The fourth-order valence-electron chi connectivity index (χ4n) is 3.17. The lowest BCUT2D eigenvalue weighted by molar-refractivity contribution is 0.0505. The lowest BCUT2D eigenvalue weighted by atomic mass is 10.1. The normalized spacial score (nSPS) is 10.6. The van der Waals surface area contributed by atoms with Crippen LogP contribution in [-0.4, -0.2) is 25.0 Å². The van der Waals surface area contributed by atoms with Crippen molar-refractivity contribution < 1.29 is 28.2 Å². The molecule has 4 aromatic rings. The maximum Gasteiger partial charge on any atom is 0.338 e. The Bertz CT molecular complexity index is 1360. The number of hydrogen-bond acceptors (Lipinski definition) is 7. The molecule has 1 aromatic heterocycles. The number of hydrogen-bond donors (Lipinski definition) is 0. The molecule has 1 heterocycles. The van der Waals surface area contributed by atoms with Crippen LogP contribution in [0.4, 0.5) is 0 Å². The van der Waals surface area contributed by atoms with Crippen LogP contribution in [0.25, 0.3) is 11.0 Å². The van der Waals surface area contributed by atoms with Gasteiger partial charge in [0.25, 0.3) is 0 Å². The number of ketones is 1. The lowest BCUT2D eigenvalue weighted by Crippen LogP contribution is -2.11. The maximum atomic E-state index is 12.8. The summed E-state index contributed by atoms with van der Waals surface area (Å²) in [6.07, 6.45) is 1.96. The van der Waals surface area contributed by atoms with E-state index in [2.05, 4.69) is 0 Å². The first kappa shape index (κ1) is 22.8. The van der Waals surface area contributed by atoms with Crippen molar-refractivity contribution in [1.29, 1.82) is 0 Å². The second-order valence-corrected chi connectivity index (χ2v) is 7.43. The van der Waals surface area contributed by atoms with Gasteiger partial charge in [0, 0.05) is 11.6 Å². The Morgan fingerprint density at radius 3 is 2.35 bits per heavy atom. The van der Waals surface area contributed by atoms with E-state index in [0.717, 1.165) is 6.42 Å². The van der Waals surface area contributed by atoms with Gasteiger partial charge in [-0.05, 0) is 42.8 Å². The van der Waals surface area contributed by atoms with Crippen LogP contribution in [0.2, 0.25) is 0 Å². The molecule has 3 aromatic carbocycles. The molecule has 0 amide bonds. The molecular formula is C27H22O7. The van der Waals surface area contributed by atoms with Crippen molar-refractivity contribution in [3.63, 3.8) is 0 Å². The highest BCUT2D eigenvalue weighted by molar-refractivity contribution is 5.97. The first-order valence-electron chi connectivity index (χ1n) is 10.8. The molecule has 0 fully saturated rings. The second kappa shape index (κ2) is 10.5. The number of carbonyl (C=O) groups is 2. The van der Waals surface area contributed by atoms with Crippen LogP contribution in [0, 0.1) is 0 Å². The van der Waals surface area contributed by atoms with E-state index in [1.54, 1.807) is 66.7 Å². The van der Waals surface area contributed by atoms with Crippen LogP contribution in [0.5, 0.6) is 17.2 Å². The zero-order chi connectivity index (χ0) is 23.9. The Morgan fingerprint density at radius 1 is 0.882 bits per heavy atom. The average molecular weight is 458 g/mol. The molecule has 172 valence electrons. The van der Waals surface area contributed by atoms with Crippen molar-refractivity contribution in [2.75, 3.05) is 13.2 Å². The van der Waals surface area contributed by atoms with Gasteiger partial charge in [0.15, 0.2) is 12.4 Å². The molecule has 34 heavy (non-hydrogen) atoms. The van der Waals surface area contributed by atoms with Crippen LogP contribution in [-0.2, 0) is 4.74 Å². The summed E-state index contributed by atoms with van der Waals surface area (Å²) in [5, 5.41) is 0.305. The zero-order valence-corrected chi connectivity index (χ0v) is 18.5. The van der Waals surface area contributed by atoms with Crippen LogP contribution >= 0.6 is 0 Å². The largest absolute Gasteiger partial charge is 0.485 e. The average Bonchev–Trinajstić information content (AvgIpc) is 2.88. The third-order valence-corrected chi connectivity index (χ3v) is 4.94. The van der Waals surface area contributed by atoms with Gasteiger partial charge in [-0.1, -0.05) is 37.3 Å². The van der Waals surface area contributed by atoms with Crippen LogP contribution < -0.4 is 14.9 Å². The summed E-state index contributed by atoms with van der Waals surface area (Å²) < 4.78 is 21.9. The molecule has 0 radical (unpaired) electrons. The summed E-state index contributed by atoms with van der Waals surface area (Å²) >= 11 is 0. The Hall–Kier alpha value is -4.39. The highest BCUT2D eigenvalue weighted by atomic mass is 16.5. The van der Waals surface area contributed by atoms with Gasteiger partial charge < -0.3 is 18.6 Å². The molecule has 7 nitrogen and oxygen atoms in total. The summed E-state index contributed by atoms with van der Waals surface area (Å²) in [6, 6.07) is 19.8. The molecule has 0 atom stereocenters. The molecule has 0 saturated heterocycles. The van der Waals surface area contributed by atoms with Crippen molar-refractivity contribution in [3.8, 4) is 17.2 Å². The molecule has 4 rings (SSSR count). The second-order valence-electron chi connectivity index (χ2n) is 7.43. The van der Waals surface area contributed by atoms with Crippen molar-refractivity contribution in [1.82, 2.24) is 0 Å². The monoisotopic (exact) mass is 458 g/mol. The van der Waals surface area contributed by atoms with Gasteiger partial charge in [-0.2, -0.15) is 0 Å². The van der Waals surface area contributed by atoms with E-state index in [4.69, 9.17) is 18.6 Å². The molecule has 0 aliphatic heterocycles. The van der Waals surface area contributed by atoms with E-state index in [-0.39, 0.29) is 23.6 Å². The van der Waals surface area contributed by atoms with Crippen molar-refractivity contribution >= 4 is 22.7 Å². The van der Waals surface area contributed by atoms with E-state index in [1.165, 1.54) is 6.26 Å². The first-order chi connectivity index (χ1) is 16.5. The van der Waals surface area contributed by atoms with Crippen LogP contribution in [0.15, 0.2) is 88.3 Å². The molecule has 0 N–H and O–H groups in total. The number of esters is 1. The fraction of sp³-hybridized carbons (Fsp3) is 0.148. The van der Waals surface area contributed by atoms with E-state index in [9.17, 15) is 14.4 Å². The number of rotatable bonds is 9. The smallest absolute Gasteiger partial charge is 0.338 e. The number of carbonyl (C=O) groups excluding carboxylic acids is 2. The van der Waals surface area contributed by atoms with Crippen molar-refractivity contribution in [2.45, 2.75) is 13.3 Å². The summed E-state index contributed by atoms with van der Waals surface area (Å²) in [5.74, 6) is 0.205. The number of Topliss-reactive ketones (excluding diaryl/α,β-unsaturated/α-hetero) is 1. The predicted molar refractivity (Wildman–Crippen MR) is 126 cm³/mol. The van der Waals surface area contributed by atoms with Crippen molar-refractivity contribution in [2.24, 2.45) is 0 Å². The van der Waals surface area contributed by atoms with Gasteiger partial charge >= 0.3 is 5.97 Å². The predicted octanol–water partition coefficient (Wildman–Crippen LogP) is 5.41. The highest BCUT2D eigenvalue weighted by Gasteiger charge is 2.13. The van der Waals surface area contributed by atoms with Gasteiger partial charge in [-0.15, -0.1) is 0 Å². The molecule has 7 heteroatoms. The Labute approximate surface area is 195 Å². The van der Waals surface area contributed by atoms with Crippen LogP contribution in [0.3, 0.4) is 0 Å². The number of benzene rings is 3. The van der Waals surface area contributed by atoms with Gasteiger partial charge in [0.1, 0.15) is 23.3 Å². The summed E-state index contributed by atoms with van der Waals surface area (Å²) in [7, 11) is 0. The summed E-state index contributed by atoms with van der Waals surface area (Å²) in [6.45, 7) is 2.13. The van der Waals surface area contributed by atoms with Gasteiger partial charge in [-0.3, -0.25) is 9.59 Å². The summed E-state index contributed by atoms with van der Waals surface area (Å²) in [4.78, 5) is 37.0. The standard InChI is InChI=1S/C27H22O7/c1-2-14-31-27(30)19-8-10-20(11-9-19)34-25-17-33-24-15-21(12-13-22(24)26(25)29)32-16-23(28)18-6-4-3-5-7-18/h3-13,15,17H,2,14,16H2,1H3. The Balaban J connectivity index is 1.45. The van der Waals surface area contributed by atoms with E-state index < -0.39 is 5.97 Å². The molecule has 0 aliphatic carbocycles. The van der Waals surface area contributed by atoms with E-state index in [1.807, 2.05) is 13.0 Å². The topological polar surface area (TPSA) is 92.0 Å². The van der Waals surface area contributed by atoms with Gasteiger partial charge in [-0.25, -0.2) is 4.79 Å². The summed E-state index contributed by atoms with van der Waals surface area (Å²) in [5.41, 5.74) is 0.891. The number of fused-ring (bicyclic) bond motifs is 1. The highest BCUT2D eigenvalue weighted by Crippen LogP contribution is 2.24. The fourth-order valence-corrected chi connectivity index (χ4v) is 3.17. The molecule has 0 unspecified atom stereocenters. The third-order valence-electron chi connectivity index (χ3n) is 4.94. The molecule has 0 aliphatic rings. The molecule has 0 saturated carbocycles. The van der Waals surface area contributed by atoms with Crippen molar-refractivity contribution in [3.05, 3.63) is 100 Å². The molecular weight excluding hydrogens is 436 g/mol. The van der Waals surface area contributed by atoms with E-state index >= 15 is 0 Å². The first-order valence-corrected chi connectivity index (χ1v) is 10.8. The Kier molecular flexibility index (Phi) is 7.03. The SMILES string of the molecule is CCCOC(=O)c1ccc(Oc2coc3cc(OCC(=O)c4ccccc4)ccc3c2=O)cc1. The minimum Gasteiger partial charge on any atom is -0.485 e. The maximum absolute atomic E-state index is 12.8. The zero-order valence-electron chi connectivity index (χ0n) is 18.5. The molecule has 0 bridgehead atoms. The van der Waals surface area contributed by atoms with Crippen LogP contribution in [0.1, 0.15) is 34.1 Å². The number of ether oxygens (including phenoxy) is 3. The quantitative estimate of drug-likeness (QED) is 0.244. The van der Waals surface area contributed by atoms with Gasteiger partial charge in [0.2, 0.25) is 11.2 Å². The Morgan fingerprint density at radius 2 is 1.62 bits per heavy atom. The third kappa shape index (κ3) is 5.32. The molecule has 0 spiro atoms. The lowest BCUT2D eigenvalue weighted by Gasteiger charge is -2.08. The van der Waals surface area contributed by atoms with Gasteiger partial charge in [0.05, 0.1) is 17.6 Å². The minimum absolute atomic E-state index is 0.00160.